The van der Waals surface area contributed by atoms with Gasteiger partial charge in [0.2, 0.25) is 11.6 Å². The van der Waals surface area contributed by atoms with Crippen LogP contribution in [-0.2, 0) is 9.59 Å². The Morgan fingerprint density at radius 1 is 1.33 bits per heavy atom. The van der Waals surface area contributed by atoms with E-state index in [0.717, 1.165) is 11.0 Å². The highest BCUT2D eigenvalue weighted by molar-refractivity contribution is 5.98. The van der Waals surface area contributed by atoms with E-state index >= 15 is 0 Å². The molecule has 0 spiro atoms. The Labute approximate surface area is 137 Å². The number of methoxy groups -OCH3 is 1. The molecule has 24 heavy (non-hydrogen) atoms. The summed E-state index contributed by atoms with van der Waals surface area (Å²) in [5, 5.41) is 8.79. The number of aliphatic carboxylic acids is 1. The first kappa shape index (κ1) is 17.8. The van der Waals surface area contributed by atoms with E-state index in [1.807, 2.05) is 0 Å². The van der Waals surface area contributed by atoms with E-state index in [4.69, 9.17) is 9.84 Å². The molecular weight excluding hydrogens is 324 g/mol. The van der Waals surface area contributed by atoms with Crippen LogP contribution >= 0.6 is 0 Å². The number of carboxylic acid groups (broad SMARTS) is 1. The van der Waals surface area contributed by atoms with Crippen molar-refractivity contribution in [3.8, 4) is 5.75 Å². The maximum atomic E-state index is 13.9. The van der Waals surface area contributed by atoms with Gasteiger partial charge in [-0.3, -0.25) is 9.59 Å². The molecule has 1 aliphatic heterocycles. The molecule has 1 fully saturated rings. The Morgan fingerprint density at radius 2 is 2.04 bits per heavy atom. The minimum Gasteiger partial charge on any atom is -0.494 e. The molecule has 1 aromatic rings. The summed E-state index contributed by atoms with van der Waals surface area (Å²) in [5.41, 5.74) is -2.33. The Bertz CT molecular complexity index is 678. The predicted octanol–water partition coefficient (Wildman–Crippen LogP) is 1.82. The van der Waals surface area contributed by atoms with E-state index in [9.17, 15) is 23.2 Å². The van der Waals surface area contributed by atoms with Crippen LogP contribution in [0.5, 0.6) is 5.75 Å². The van der Waals surface area contributed by atoms with Crippen molar-refractivity contribution in [1.82, 2.24) is 4.90 Å². The lowest BCUT2D eigenvalue weighted by Gasteiger charge is -2.17. The lowest BCUT2D eigenvalue weighted by Crippen LogP contribution is -2.38. The van der Waals surface area contributed by atoms with Crippen LogP contribution in [0.2, 0.25) is 0 Å². The first-order chi connectivity index (χ1) is 11.3. The Kier molecular flexibility index (Phi) is 5.16. The van der Waals surface area contributed by atoms with Gasteiger partial charge in [0.25, 0.3) is 0 Å². The van der Waals surface area contributed by atoms with Crippen molar-refractivity contribution in [3.05, 3.63) is 29.6 Å². The van der Waals surface area contributed by atoms with Crippen LogP contribution in [0, 0.1) is 5.82 Å². The summed E-state index contributed by atoms with van der Waals surface area (Å²) in [6.07, 6.45) is -0.638. The molecule has 0 aromatic heterocycles. The minimum absolute atomic E-state index is 0.00696. The average Bonchev–Trinajstić information content (AvgIpc) is 2.96. The smallest absolute Gasteiger partial charge is 0.343 e. The van der Waals surface area contributed by atoms with E-state index in [-0.39, 0.29) is 37.1 Å². The number of hydrogen-bond donors (Lipinski definition) is 1. The van der Waals surface area contributed by atoms with E-state index < -0.39 is 35.7 Å². The van der Waals surface area contributed by atoms with Crippen molar-refractivity contribution in [3.63, 3.8) is 0 Å². The zero-order valence-corrected chi connectivity index (χ0v) is 13.1. The lowest BCUT2D eigenvalue weighted by molar-refractivity contribution is -0.150. The molecule has 1 saturated heterocycles. The maximum absolute atomic E-state index is 13.9. The van der Waals surface area contributed by atoms with Gasteiger partial charge in [-0.25, -0.2) is 13.6 Å². The molecule has 1 aromatic carbocycles. The molecule has 1 heterocycles. The van der Waals surface area contributed by atoms with Gasteiger partial charge >= 0.3 is 5.97 Å². The van der Waals surface area contributed by atoms with Gasteiger partial charge in [0.1, 0.15) is 0 Å². The Balaban J connectivity index is 1.91. The third-order valence-corrected chi connectivity index (χ3v) is 4.00. The van der Waals surface area contributed by atoms with Crippen molar-refractivity contribution in [1.29, 1.82) is 0 Å². The van der Waals surface area contributed by atoms with E-state index in [1.165, 1.54) is 19.2 Å². The molecule has 2 rings (SSSR count). The molecule has 1 aliphatic rings. The monoisotopic (exact) mass is 341 g/mol. The zero-order valence-electron chi connectivity index (χ0n) is 13.1. The number of carbonyl (C=O) groups excluding carboxylic acids is 2. The molecule has 1 N–H and O–H groups in total. The second kappa shape index (κ2) is 6.94. The first-order valence-corrected chi connectivity index (χ1v) is 7.33. The Morgan fingerprint density at radius 3 is 2.58 bits per heavy atom. The van der Waals surface area contributed by atoms with E-state index in [0.29, 0.717) is 0 Å². The third kappa shape index (κ3) is 3.69. The maximum Gasteiger partial charge on any atom is 0.343 e. The SMILES string of the molecule is COc1ccc(C(=O)CCC(=O)N2CCC(F)(C(=O)O)C2)cc1F. The fourth-order valence-electron chi connectivity index (χ4n) is 2.52. The normalized spacial score (nSPS) is 20.0. The van der Waals surface area contributed by atoms with E-state index in [2.05, 4.69) is 0 Å². The topological polar surface area (TPSA) is 83.9 Å². The highest BCUT2D eigenvalue weighted by atomic mass is 19.1. The molecule has 130 valence electrons. The van der Waals surface area contributed by atoms with Crippen LogP contribution < -0.4 is 4.74 Å². The van der Waals surface area contributed by atoms with Crippen molar-refractivity contribution < 1.29 is 33.0 Å². The number of nitrogens with zero attached hydrogens (tertiary/aromatic N) is 1. The number of Topliss-reactive ketones (excluding diaryl/α,β-unsaturated/α-hetero) is 1. The Hall–Kier alpha value is -2.51. The van der Waals surface area contributed by atoms with Crippen molar-refractivity contribution >= 4 is 17.7 Å². The second-order valence-corrected chi connectivity index (χ2v) is 5.61. The molecule has 1 atom stereocenters. The van der Waals surface area contributed by atoms with Gasteiger partial charge < -0.3 is 14.7 Å². The minimum atomic E-state index is -2.43. The summed E-state index contributed by atoms with van der Waals surface area (Å²) in [4.78, 5) is 35.9. The summed E-state index contributed by atoms with van der Waals surface area (Å²) >= 11 is 0. The number of hydrogen-bond acceptors (Lipinski definition) is 4. The summed E-state index contributed by atoms with van der Waals surface area (Å²) in [5.74, 6) is -3.21. The van der Waals surface area contributed by atoms with E-state index in [1.54, 1.807) is 0 Å². The van der Waals surface area contributed by atoms with Crippen LogP contribution in [0.25, 0.3) is 0 Å². The molecule has 0 saturated carbocycles. The van der Waals surface area contributed by atoms with Crippen LogP contribution in [0.1, 0.15) is 29.6 Å². The summed E-state index contributed by atoms with van der Waals surface area (Å²) in [6, 6.07) is 3.73. The highest BCUT2D eigenvalue weighted by Gasteiger charge is 2.46. The zero-order chi connectivity index (χ0) is 17.9. The number of ether oxygens (including phenoxy) is 1. The predicted molar refractivity (Wildman–Crippen MR) is 79.2 cm³/mol. The van der Waals surface area contributed by atoms with Gasteiger partial charge in [-0.1, -0.05) is 0 Å². The molecule has 0 aliphatic carbocycles. The number of ketones is 1. The fraction of sp³-hybridized carbons (Fsp3) is 0.438. The quantitative estimate of drug-likeness (QED) is 0.798. The van der Waals surface area contributed by atoms with Crippen molar-refractivity contribution in [2.75, 3.05) is 20.2 Å². The van der Waals surface area contributed by atoms with Gasteiger partial charge in [0.15, 0.2) is 17.3 Å². The number of carbonyl (C=O) groups is 3. The van der Waals surface area contributed by atoms with Gasteiger partial charge in [0, 0.05) is 31.4 Å². The van der Waals surface area contributed by atoms with Crippen LogP contribution in [0.3, 0.4) is 0 Å². The van der Waals surface area contributed by atoms with Crippen LogP contribution in [0.15, 0.2) is 18.2 Å². The van der Waals surface area contributed by atoms with Crippen molar-refractivity contribution in [2.45, 2.75) is 24.9 Å². The van der Waals surface area contributed by atoms with Gasteiger partial charge in [-0.2, -0.15) is 0 Å². The van der Waals surface area contributed by atoms with Gasteiger partial charge in [-0.05, 0) is 18.2 Å². The summed E-state index contributed by atoms with van der Waals surface area (Å²) in [6.45, 7) is -0.528. The standard InChI is InChI=1S/C16H17F2NO5/c1-24-13-4-2-10(8-11(13)17)12(20)3-5-14(21)19-7-6-16(18,9-19)15(22)23/h2,4,8H,3,5-7,9H2,1H3,(H,22,23). The molecule has 0 bridgehead atoms. The number of rotatable bonds is 6. The largest absolute Gasteiger partial charge is 0.494 e. The van der Waals surface area contributed by atoms with Gasteiger partial charge in [0.05, 0.1) is 13.7 Å². The second-order valence-electron chi connectivity index (χ2n) is 5.61. The van der Waals surface area contributed by atoms with Crippen molar-refractivity contribution in [2.24, 2.45) is 0 Å². The molecule has 0 radical (unpaired) electrons. The number of carboxylic acids is 1. The van der Waals surface area contributed by atoms with Gasteiger partial charge in [-0.15, -0.1) is 0 Å². The van der Waals surface area contributed by atoms with Crippen LogP contribution in [0.4, 0.5) is 8.78 Å². The molecule has 8 heteroatoms. The summed E-state index contributed by atoms with van der Waals surface area (Å²) in [7, 11) is 1.30. The van der Waals surface area contributed by atoms with Crippen LogP contribution in [-0.4, -0.2) is 53.5 Å². The number of alkyl halides is 1. The molecule has 6 nitrogen and oxygen atoms in total. The molecule has 1 unspecified atom stereocenters. The molecular formula is C16H17F2NO5. The fourth-order valence-corrected chi connectivity index (χ4v) is 2.52. The number of benzene rings is 1. The number of amides is 1. The third-order valence-electron chi connectivity index (χ3n) is 4.00. The summed E-state index contributed by atoms with van der Waals surface area (Å²) < 4.78 is 32.2. The number of halogens is 2. The average molecular weight is 341 g/mol. The first-order valence-electron chi connectivity index (χ1n) is 7.33. The highest BCUT2D eigenvalue weighted by Crippen LogP contribution is 2.26. The number of likely N-dealkylation sites (tertiary alicyclic amines) is 1. The molecule has 1 amide bonds. The lowest BCUT2D eigenvalue weighted by atomic mass is 10.1.